The number of nitrogens with one attached hydrogen (secondary N) is 1. The Morgan fingerprint density at radius 2 is 2.00 bits per heavy atom. The Hall–Kier alpha value is -1.99. The monoisotopic (exact) mass is 337 g/mol. The zero-order valence-electron chi connectivity index (χ0n) is 14.2. The summed E-state index contributed by atoms with van der Waals surface area (Å²) in [6, 6.07) is 4.88. The molecule has 1 aliphatic heterocycles. The normalized spacial score (nSPS) is 14.8. The first-order chi connectivity index (χ1) is 11.5. The van der Waals surface area contributed by atoms with Gasteiger partial charge in [0.15, 0.2) is 0 Å². The van der Waals surface area contributed by atoms with E-state index in [1.165, 1.54) is 6.07 Å². The lowest BCUT2D eigenvalue weighted by molar-refractivity contribution is -0.136. The third kappa shape index (κ3) is 5.58. The molecule has 0 unspecified atom stereocenters. The Morgan fingerprint density at radius 3 is 2.67 bits per heavy atom. The van der Waals surface area contributed by atoms with E-state index in [2.05, 4.69) is 5.32 Å². The average Bonchev–Trinajstić information content (AvgIpc) is 2.56. The van der Waals surface area contributed by atoms with Crippen LogP contribution in [0.2, 0.25) is 0 Å². The standard InChI is InChI=1S/C17H24FN3O3/c1-13-3-4-14(9-15(13)18)10-19-16(22)11-20(2)12-17(23)21-5-7-24-8-6-21/h3-4,9H,5-8,10-12H2,1-2H3,(H,19,22). The molecule has 1 aromatic rings. The van der Waals surface area contributed by atoms with E-state index in [9.17, 15) is 14.0 Å². The summed E-state index contributed by atoms with van der Waals surface area (Å²) in [6.45, 7) is 4.57. The van der Waals surface area contributed by atoms with E-state index in [0.717, 1.165) is 0 Å². The highest BCUT2D eigenvalue weighted by Gasteiger charge is 2.19. The number of likely N-dealkylation sites (N-methyl/N-ethyl adjacent to an activating group) is 1. The van der Waals surface area contributed by atoms with Gasteiger partial charge in [-0.1, -0.05) is 12.1 Å². The Kier molecular flexibility index (Phi) is 6.69. The Morgan fingerprint density at radius 1 is 1.29 bits per heavy atom. The Bertz CT molecular complexity index is 588. The van der Waals surface area contributed by atoms with Gasteiger partial charge in [-0.05, 0) is 31.2 Å². The van der Waals surface area contributed by atoms with Gasteiger partial charge >= 0.3 is 0 Å². The Balaban J connectivity index is 1.72. The van der Waals surface area contributed by atoms with Crippen molar-refractivity contribution < 1.29 is 18.7 Å². The SMILES string of the molecule is Cc1ccc(CNC(=O)CN(C)CC(=O)N2CCOCC2)cc1F. The second-order valence-corrected chi connectivity index (χ2v) is 6.03. The summed E-state index contributed by atoms with van der Waals surface area (Å²) in [5, 5.41) is 2.74. The molecule has 0 atom stereocenters. The number of benzene rings is 1. The van der Waals surface area contributed by atoms with Crippen molar-refractivity contribution in [3.63, 3.8) is 0 Å². The molecule has 1 heterocycles. The van der Waals surface area contributed by atoms with Crippen LogP contribution in [0.3, 0.4) is 0 Å². The lowest BCUT2D eigenvalue weighted by Gasteiger charge is -2.28. The number of hydrogen-bond acceptors (Lipinski definition) is 4. The summed E-state index contributed by atoms with van der Waals surface area (Å²) in [7, 11) is 1.73. The number of morpholine rings is 1. The fourth-order valence-electron chi connectivity index (χ4n) is 2.45. The highest BCUT2D eigenvalue weighted by atomic mass is 19.1. The zero-order valence-corrected chi connectivity index (χ0v) is 14.2. The van der Waals surface area contributed by atoms with Crippen LogP contribution in [0.25, 0.3) is 0 Å². The predicted octanol–water partition coefficient (Wildman–Crippen LogP) is 0.541. The van der Waals surface area contributed by atoms with Gasteiger partial charge in [0.1, 0.15) is 5.82 Å². The third-order valence-electron chi connectivity index (χ3n) is 3.91. The zero-order chi connectivity index (χ0) is 17.5. The number of amides is 2. The van der Waals surface area contributed by atoms with Crippen LogP contribution in [0.5, 0.6) is 0 Å². The van der Waals surface area contributed by atoms with Crippen LogP contribution in [0.1, 0.15) is 11.1 Å². The molecule has 0 spiro atoms. The quantitative estimate of drug-likeness (QED) is 0.823. The number of nitrogens with zero attached hydrogens (tertiary/aromatic N) is 2. The number of ether oxygens (including phenoxy) is 1. The first-order valence-electron chi connectivity index (χ1n) is 8.01. The minimum absolute atomic E-state index is 0.00537. The highest BCUT2D eigenvalue weighted by molar-refractivity contribution is 5.81. The summed E-state index contributed by atoms with van der Waals surface area (Å²) < 4.78 is 18.7. The summed E-state index contributed by atoms with van der Waals surface area (Å²) in [5.74, 6) is -0.488. The van der Waals surface area contributed by atoms with Crippen LogP contribution in [0.15, 0.2) is 18.2 Å². The van der Waals surface area contributed by atoms with Crippen LogP contribution < -0.4 is 5.32 Å². The van der Waals surface area contributed by atoms with Crippen molar-refractivity contribution >= 4 is 11.8 Å². The summed E-state index contributed by atoms with van der Waals surface area (Å²) in [5.41, 5.74) is 1.28. The second kappa shape index (κ2) is 8.75. The van der Waals surface area contributed by atoms with Gasteiger partial charge in [-0.15, -0.1) is 0 Å². The molecule has 0 aromatic heterocycles. The topological polar surface area (TPSA) is 61.9 Å². The van der Waals surface area contributed by atoms with Crippen molar-refractivity contribution in [1.29, 1.82) is 0 Å². The van der Waals surface area contributed by atoms with Crippen LogP contribution in [-0.4, -0.2) is 68.1 Å². The maximum atomic E-state index is 13.5. The van der Waals surface area contributed by atoms with E-state index >= 15 is 0 Å². The molecule has 24 heavy (non-hydrogen) atoms. The number of halogens is 1. The van der Waals surface area contributed by atoms with Gasteiger partial charge in [0.25, 0.3) is 0 Å². The first-order valence-corrected chi connectivity index (χ1v) is 8.01. The van der Waals surface area contributed by atoms with Gasteiger partial charge in [0.05, 0.1) is 26.3 Å². The van der Waals surface area contributed by atoms with E-state index in [-0.39, 0.29) is 37.3 Å². The van der Waals surface area contributed by atoms with Gasteiger partial charge < -0.3 is 15.0 Å². The first kappa shape index (κ1) is 18.4. The molecule has 1 N–H and O–H groups in total. The molecule has 1 aliphatic rings. The molecule has 0 bridgehead atoms. The van der Waals surface area contributed by atoms with E-state index in [0.29, 0.717) is 37.4 Å². The molecule has 0 aliphatic carbocycles. The summed E-state index contributed by atoms with van der Waals surface area (Å²) in [6.07, 6.45) is 0. The van der Waals surface area contributed by atoms with Crippen LogP contribution >= 0.6 is 0 Å². The van der Waals surface area contributed by atoms with Crippen molar-refractivity contribution in [2.45, 2.75) is 13.5 Å². The molecule has 0 radical (unpaired) electrons. The van der Waals surface area contributed by atoms with Gasteiger partial charge in [0.2, 0.25) is 11.8 Å². The van der Waals surface area contributed by atoms with Gasteiger partial charge in [-0.3, -0.25) is 14.5 Å². The van der Waals surface area contributed by atoms with Crippen molar-refractivity contribution in [3.05, 3.63) is 35.1 Å². The molecule has 7 heteroatoms. The number of aryl methyl sites for hydroxylation is 1. The lowest BCUT2D eigenvalue weighted by atomic mass is 10.1. The minimum Gasteiger partial charge on any atom is -0.378 e. The molecule has 132 valence electrons. The number of carbonyl (C=O) groups is 2. The average molecular weight is 337 g/mol. The molecule has 1 saturated heterocycles. The molecule has 0 saturated carbocycles. The predicted molar refractivity (Wildman–Crippen MR) is 87.9 cm³/mol. The van der Waals surface area contributed by atoms with Crippen LogP contribution in [-0.2, 0) is 20.9 Å². The second-order valence-electron chi connectivity index (χ2n) is 6.03. The van der Waals surface area contributed by atoms with E-state index in [4.69, 9.17) is 4.74 Å². The molecule has 2 amide bonds. The number of hydrogen-bond donors (Lipinski definition) is 1. The maximum absolute atomic E-state index is 13.5. The van der Waals surface area contributed by atoms with Crippen LogP contribution in [0, 0.1) is 12.7 Å². The van der Waals surface area contributed by atoms with E-state index in [1.54, 1.807) is 35.9 Å². The molecule has 6 nitrogen and oxygen atoms in total. The van der Waals surface area contributed by atoms with Crippen molar-refractivity contribution in [1.82, 2.24) is 15.1 Å². The van der Waals surface area contributed by atoms with Crippen LogP contribution in [0.4, 0.5) is 4.39 Å². The molecule has 2 rings (SSSR count). The Labute approximate surface area is 141 Å². The smallest absolute Gasteiger partial charge is 0.236 e. The maximum Gasteiger partial charge on any atom is 0.236 e. The van der Waals surface area contributed by atoms with Gasteiger partial charge in [0, 0.05) is 19.6 Å². The van der Waals surface area contributed by atoms with E-state index in [1.807, 2.05) is 0 Å². The number of rotatable bonds is 6. The molecule has 1 fully saturated rings. The fourth-order valence-corrected chi connectivity index (χ4v) is 2.45. The van der Waals surface area contributed by atoms with Gasteiger partial charge in [-0.25, -0.2) is 4.39 Å². The molecular formula is C17H24FN3O3. The van der Waals surface area contributed by atoms with E-state index < -0.39 is 0 Å². The molecule has 1 aromatic carbocycles. The fraction of sp³-hybridized carbons (Fsp3) is 0.529. The highest BCUT2D eigenvalue weighted by Crippen LogP contribution is 2.08. The lowest BCUT2D eigenvalue weighted by Crippen LogP contribution is -2.46. The summed E-state index contributed by atoms with van der Waals surface area (Å²) >= 11 is 0. The van der Waals surface area contributed by atoms with Crippen molar-refractivity contribution in [2.75, 3.05) is 46.4 Å². The largest absolute Gasteiger partial charge is 0.378 e. The van der Waals surface area contributed by atoms with Crippen molar-refractivity contribution in [2.24, 2.45) is 0 Å². The summed E-state index contributed by atoms with van der Waals surface area (Å²) in [4.78, 5) is 27.5. The van der Waals surface area contributed by atoms with Gasteiger partial charge in [-0.2, -0.15) is 0 Å². The van der Waals surface area contributed by atoms with Crippen molar-refractivity contribution in [3.8, 4) is 0 Å². The minimum atomic E-state index is -0.282. The molecular weight excluding hydrogens is 313 g/mol. The third-order valence-corrected chi connectivity index (χ3v) is 3.91. The number of carbonyl (C=O) groups excluding carboxylic acids is 2.